The van der Waals surface area contributed by atoms with Crippen molar-refractivity contribution in [2.24, 2.45) is 0 Å². The lowest BCUT2D eigenvalue weighted by molar-refractivity contribution is 0.0917. The van der Waals surface area contributed by atoms with Crippen LogP contribution in [0.3, 0.4) is 0 Å². The highest BCUT2D eigenvalue weighted by Crippen LogP contribution is 2.25. The zero-order valence-corrected chi connectivity index (χ0v) is 13.1. The van der Waals surface area contributed by atoms with Crippen LogP contribution in [-0.4, -0.2) is 48.0 Å². The Labute approximate surface area is 123 Å². The van der Waals surface area contributed by atoms with E-state index in [0.717, 1.165) is 25.9 Å². The van der Waals surface area contributed by atoms with Gasteiger partial charge in [-0.1, -0.05) is 11.3 Å². The summed E-state index contributed by atoms with van der Waals surface area (Å²) >= 11 is 1.31. The first-order chi connectivity index (χ1) is 9.45. The van der Waals surface area contributed by atoms with E-state index in [0.29, 0.717) is 15.8 Å². The molecule has 1 unspecified atom stereocenters. The van der Waals surface area contributed by atoms with Crippen LogP contribution >= 0.6 is 11.3 Å². The van der Waals surface area contributed by atoms with E-state index in [4.69, 9.17) is 5.73 Å². The number of nitrogens with one attached hydrogen (secondary N) is 2. The highest BCUT2D eigenvalue weighted by atomic mass is 32.1. The molecule has 1 fully saturated rings. The number of thiazole rings is 1. The van der Waals surface area contributed by atoms with Crippen molar-refractivity contribution in [2.75, 3.05) is 31.2 Å². The van der Waals surface area contributed by atoms with Crippen LogP contribution in [0.1, 0.15) is 36.4 Å². The lowest BCUT2D eigenvalue weighted by atomic mass is 10.1. The van der Waals surface area contributed by atoms with Gasteiger partial charge in [0.2, 0.25) is 0 Å². The van der Waals surface area contributed by atoms with Crippen molar-refractivity contribution in [2.45, 2.75) is 38.8 Å². The number of hydrogen-bond acceptors (Lipinski definition) is 6. The van der Waals surface area contributed by atoms with Crippen LogP contribution in [0, 0.1) is 0 Å². The van der Waals surface area contributed by atoms with Gasteiger partial charge in [0.15, 0.2) is 5.13 Å². The molecule has 7 heteroatoms. The number of likely N-dealkylation sites (N-methyl/N-ethyl adjacent to an activating group) is 1. The van der Waals surface area contributed by atoms with Gasteiger partial charge >= 0.3 is 0 Å². The first-order valence-electron chi connectivity index (χ1n) is 6.98. The molecule has 112 valence electrons. The van der Waals surface area contributed by atoms with Crippen molar-refractivity contribution < 1.29 is 4.79 Å². The topological polar surface area (TPSA) is 83.3 Å². The molecule has 6 nitrogen and oxygen atoms in total. The summed E-state index contributed by atoms with van der Waals surface area (Å²) in [6.07, 6.45) is 2.13. The van der Waals surface area contributed by atoms with Gasteiger partial charge in [-0.15, -0.1) is 0 Å². The van der Waals surface area contributed by atoms with Gasteiger partial charge < -0.3 is 21.3 Å². The number of nitrogen functional groups attached to an aromatic ring is 1. The van der Waals surface area contributed by atoms with Crippen molar-refractivity contribution >= 4 is 28.2 Å². The average molecular weight is 297 g/mol. The summed E-state index contributed by atoms with van der Waals surface area (Å²) < 4.78 is 0. The van der Waals surface area contributed by atoms with Crippen LogP contribution in [0.15, 0.2) is 0 Å². The summed E-state index contributed by atoms with van der Waals surface area (Å²) in [5.74, 6) is 0.192. The number of likely N-dealkylation sites (tertiary alicyclic amines) is 1. The molecule has 1 aliphatic heterocycles. The Kier molecular flexibility index (Phi) is 4.82. The summed E-state index contributed by atoms with van der Waals surface area (Å²) in [5, 5.41) is 6.92. The van der Waals surface area contributed by atoms with Crippen LogP contribution in [-0.2, 0) is 0 Å². The van der Waals surface area contributed by atoms with Gasteiger partial charge in [0, 0.05) is 18.6 Å². The fourth-order valence-corrected chi connectivity index (χ4v) is 3.27. The zero-order chi connectivity index (χ0) is 14.7. The molecular formula is C13H23N5OS. The fourth-order valence-electron chi connectivity index (χ4n) is 2.34. The number of nitrogens with zero attached hydrogens (tertiary/aromatic N) is 2. The lowest BCUT2D eigenvalue weighted by Crippen LogP contribution is -2.46. The monoisotopic (exact) mass is 297 g/mol. The molecule has 2 rings (SSSR count). The number of aromatic nitrogens is 1. The van der Waals surface area contributed by atoms with Gasteiger partial charge in [-0.25, -0.2) is 4.98 Å². The largest absolute Gasteiger partial charge is 0.382 e. The molecule has 1 aromatic heterocycles. The fraction of sp³-hybridized carbons (Fsp3) is 0.692. The number of amides is 1. The van der Waals surface area contributed by atoms with E-state index in [2.05, 4.69) is 27.6 Å². The van der Waals surface area contributed by atoms with Crippen molar-refractivity contribution in [3.63, 3.8) is 0 Å². The maximum atomic E-state index is 12.3. The molecule has 0 bridgehead atoms. The standard InChI is InChI=1S/C13H23N5OS/c1-8(2)15-13-17-11(14)10(20-13)12(19)16-9-5-4-6-18(3)7-9/h8-9H,4-7,14H2,1-3H3,(H,15,17)(H,16,19). The number of piperidine rings is 1. The first-order valence-corrected chi connectivity index (χ1v) is 7.79. The molecule has 0 saturated carbocycles. The predicted octanol–water partition coefficient (Wildman–Crippen LogP) is 1.37. The third-order valence-electron chi connectivity index (χ3n) is 3.23. The summed E-state index contributed by atoms with van der Waals surface area (Å²) in [6.45, 7) is 6.03. The van der Waals surface area contributed by atoms with Crippen LogP contribution < -0.4 is 16.4 Å². The lowest BCUT2D eigenvalue weighted by Gasteiger charge is -2.30. The minimum atomic E-state index is -0.114. The molecule has 1 atom stereocenters. The van der Waals surface area contributed by atoms with Gasteiger partial charge in [0.25, 0.3) is 5.91 Å². The van der Waals surface area contributed by atoms with E-state index < -0.39 is 0 Å². The predicted molar refractivity (Wildman–Crippen MR) is 83.3 cm³/mol. The van der Waals surface area contributed by atoms with Gasteiger partial charge in [0.05, 0.1) is 0 Å². The molecule has 4 N–H and O–H groups in total. The van der Waals surface area contributed by atoms with E-state index in [1.807, 2.05) is 13.8 Å². The Morgan fingerprint density at radius 2 is 2.30 bits per heavy atom. The van der Waals surface area contributed by atoms with E-state index in [-0.39, 0.29) is 18.0 Å². The maximum absolute atomic E-state index is 12.3. The molecule has 0 aromatic carbocycles. The highest BCUT2D eigenvalue weighted by Gasteiger charge is 2.22. The molecular weight excluding hydrogens is 274 g/mol. The second-order valence-electron chi connectivity index (χ2n) is 5.61. The second-order valence-corrected chi connectivity index (χ2v) is 6.61. The van der Waals surface area contributed by atoms with E-state index in [1.165, 1.54) is 11.3 Å². The van der Waals surface area contributed by atoms with Crippen molar-refractivity contribution in [1.29, 1.82) is 0 Å². The number of carbonyl (C=O) groups excluding carboxylic acids is 1. The quantitative estimate of drug-likeness (QED) is 0.782. The molecule has 1 saturated heterocycles. The van der Waals surface area contributed by atoms with Gasteiger partial charge in [0.1, 0.15) is 10.7 Å². The Bertz CT molecular complexity index is 473. The number of hydrogen-bond donors (Lipinski definition) is 3. The number of nitrogens with two attached hydrogens (primary N) is 1. The number of carbonyl (C=O) groups is 1. The van der Waals surface area contributed by atoms with Crippen LogP contribution in [0.5, 0.6) is 0 Å². The molecule has 0 spiro atoms. The normalized spacial score (nSPS) is 20.1. The molecule has 20 heavy (non-hydrogen) atoms. The van der Waals surface area contributed by atoms with Crippen LogP contribution in [0.25, 0.3) is 0 Å². The van der Waals surface area contributed by atoms with E-state index in [1.54, 1.807) is 0 Å². The Morgan fingerprint density at radius 3 is 2.95 bits per heavy atom. The third kappa shape index (κ3) is 3.83. The third-order valence-corrected chi connectivity index (χ3v) is 4.23. The average Bonchev–Trinajstić information content (AvgIpc) is 2.69. The maximum Gasteiger partial charge on any atom is 0.265 e. The van der Waals surface area contributed by atoms with E-state index >= 15 is 0 Å². The summed E-state index contributed by atoms with van der Waals surface area (Å²) in [6, 6.07) is 0.465. The minimum Gasteiger partial charge on any atom is -0.382 e. The van der Waals surface area contributed by atoms with E-state index in [9.17, 15) is 4.79 Å². The minimum absolute atomic E-state index is 0.114. The Morgan fingerprint density at radius 1 is 1.55 bits per heavy atom. The summed E-state index contributed by atoms with van der Waals surface area (Å²) in [5.41, 5.74) is 5.84. The molecule has 2 heterocycles. The molecule has 1 aliphatic rings. The number of anilines is 2. The highest BCUT2D eigenvalue weighted by molar-refractivity contribution is 7.18. The van der Waals surface area contributed by atoms with Gasteiger partial charge in [-0.2, -0.15) is 0 Å². The van der Waals surface area contributed by atoms with Crippen LogP contribution in [0.2, 0.25) is 0 Å². The molecule has 1 amide bonds. The molecule has 0 aliphatic carbocycles. The van der Waals surface area contributed by atoms with Gasteiger partial charge in [-0.3, -0.25) is 4.79 Å². The molecule has 1 aromatic rings. The Hall–Kier alpha value is -1.34. The smallest absolute Gasteiger partial charge is 0.265 e. The second kappa shape index (κ2) is 6.41. The zero-order valence-electron chi connectivity index (χ0n) is 12.3. The van der Waals surface area contributed by atoms with Gasteiger partial charge in [-0.05, 0) is 40.3 Å². The van der Waals surface area contributed by atoms with Crippen molar-refractivity contribution in [1.82, 2.24) is 15.2 Å². The number of rotatable bonds is 4. The molecule has 0 radical (unpaired) electrons. The summed E-state index contributed by atoms with van der Waals surface area (Å²) in [4.78, 5) is 19.2. The van der Waals surface area contributed by atoms with Crippen LogP contribution in [0.4, 0.5) is 10.9 Å². The summed E-state index contributed by atoms with van der Waals surface area (Å²) in [7, 11) is 2.07. The van der Waals surface area contributed by atoms with Crippen molar-refractivity contribution in [3.8, 4) is 0 Å². The van der Waals surface area contributed by atoms with Crippen molar-refractivity contribution in [3.05, 3.63) is 4.88 Å². The SMILES string of the molecule is CC(C)Nc1nc(N)c(C(=O)NC2CCCN(C)C2)s1. The first kappa shape index (κ1) is 15.1. The Balaban J connectivity index is 1.99.